The van der Waals surface area contributed by atoms with E-state index in [1.54, 1.807) is 18.2 Å². The van der Waals surface area contributed by atoms with Crippen molar-refractivity contribution in [3.8, 4) is 5.75 Å². The molecular formula is C15H19Cl2NO3. The summed E-state index contributed by atoms with van der Waals surface area (Å²) in [7, 11) is 0. The van der Waals surface area contributed by atoms with E-state index in [0.717, 1.165) is 25.8 Å². The highest BCUT2D eigenvalue weighted by molar-refractivity contribution is 6.35. The zero-order chi connectivity index (χ0) is 15.2. The SMILES string of the molecule is O=C(O)C1CCCCCN1CCOc1ccc(Cl)cc1Cl. The molecule has 0 radical (unpaired) electrons. The Morgan fingerprint density at radius 3 is 2.86 bits per heavy atom. The summed E-state index contributed by atoms with van der Waals surface area (Å²) in [4.78, 5) is 13.3. The Labute approximate surface area is 134 Å². The lowest BCUT2D eigenvalue weighted by molar-refractivity contribution is -0.143. The van der Waals surface area contributed by atoms with Crippen molar-refractivity contribution in [2.45, 2.75) is 31.7 Å². The summed E-state index contributed by atoms with van der Waals surface area (Å²) in [6.07, 6.45) is 3.80. The van der Waals surface area contributed by atoms with Gasteiger partial charge in [0.05, 0.1) is 5.02 Å². The fraction of sp³-hybridized carbons (Fsp3) is 0.533. The Kier molecular flexibility index (Phi) is 6.15. The molecule has 116 valence electrons. The van der Waals surface area contributed by atoms with E-state index in [0.29, 0.717) is 35.4 Å². The number of benzene rings is 1. The molecule has 21 heavy (non-hydrogen) atoms. The quantitative estimate of drug-likeness (QED) is 0.893. The van der Waals surface area contributed by atoms with E-state index in [2.05, 4.69) is 0 Å². The van der Waals surface area contributed by atoms with Crippen LogP contribution in [0.2, 0.25) is 10.0 Å². The van der Waals surface area contributed by atoms with E-state index in [4.69, 9.17) is 27.9 Å². The zero-order valence-corrected chi connectivity index (χ0v) is 13.2. The number of ether oxygens (including phenoxy) is 1. The monoisotopic (exact) mass is 331 g/mol. The Morgan fingerprint density at radius 2 is 2.14 bits per heavy atom. The van der Waals surface area contributed by atoms with Crippen LogP contribution in [0, 0.1) is 0 Å². The number of halogens is 2. The minimum absolute atomic E-state index is 0.406. The third-order valence-electron chi connectivity index (χ3n) is 3.68. The van der Waals surface area contributed by atoms with Crippen LogP contribution < -0.4 is 4.74 Å². The van der Waals surface area contributed by atoms with Crippen molar-refractivity contribution >= 4 is 29.2 Å². The number of carboxylic acids is 1. The number of likely N-dealkylation sites (tertiary alicyclic amines) is 1. The van der Waals surface area contributed by atoms with E-state index in [9.17, 15) is 9.90 Å². The molecule has 1 aliphatic rings. The first-order chi connectivity index (χ1) is 10.1. The topological polar surface area (TPSA) is 49.8 Å². The molecule has 0 amide bonds. The lowest BCUT2D eigenvalue weighted by Gasteiger charge is -2.26. The average molecular weight is 332 g/mol. The Balaban J connectivity index is 1.89. The number of nitrogens with zero attached hydrogens (tertiary/aromatic N) is 1. The molecule has 0 saturated carbocycles. The Bertz CT molecular complexity index is 496. The molecule has 1 heterocycles. The molecule has 1 N–H and O–H groups in total. The molecule has 6 heteroatoms. The Morgan fingerprint density at radius 1 is 1.33 bits per heavy atom. The molecule has 2 rings (SSSR count). The molecule has 1 aromatic rings. The molecular weight excluding hydrogens is 313 g/mol. The number of rotatable bonds is 5. The predicted molar refractivity (Wildman–Crippen MR) is 83.4 cm³/mol. The number of hydrogen-bond donors (Lipinski definition) is 1. The highest BCUT2D eigenvalue weighted by atomic mass is 35.5. The fourth-order valence-electron chi connectivity index (χ4n) is 2.58. The van der Waals surface area contributed by atoms with Crippen LogP contribution >= 0.6 is 23.2 Å². The summed E-state index contributed by atoms with van der Waals surface area (Å²) >= 11 is 11.9. The van der Waals surface area contributed by atoms with E-state index >= 15 is 0 Å². The second-order valence-corrected chi connectivity index (χ2v) is 6.01. The highest BCUT2D eigenvalue weighted by Crippen LogP contribution is 2.27. The summed E-state index contributed by atoms with van der Waals surface area (Å²) in [5.74, 6) is -0.177. The van der Waals surface area contributed by atoms with Crippen molar-refractivity contribution in [1.82, 2.24) is 4.90 Å². The maximum atomic E-state index is 11.3. The molecule has 1 unspecified atom stereocenters. The molecule has 1 atom stereocenters. The fourth-order valence-corrected chi connectivity index (χ4v) is 3.04. The van der Waals surface area contributed by atoms with Gasteiger partial charge >= 0.3 is 5.97 Å². The average Bonchev–Trinajstić information content (AvgIpc) is 2.66. The first kappa shape index (κ1) is 16.4. The van der Waals surface area contributed by atoms with Crippen molar-refractivity contribution in [1.29, 1.82) is 0 Å². The summed E-state index contributed by atoms with van der Waals surface area (Å²) < 4.78 is 5.64. The summed E-state index contributed by atoms with van der Waals surface area (Å²) in [6.45, 7) is 1.79. The second-order valence-electron chi connectivity index (χ2n) is 5.16. The van der Waals surface area contributed by atoms with Crippen LogP contribution in [0.1, 0.15) is 25.7 Å². The largest absolute Gasteiger partial charge is 0.491 e. The number of hydrogen-bond acceptors (Lipinski definition) is 3. The van der Waals surface area contributed by atoms with Crippen LogP contribution in [-0.4, -0.2) is 41.7 Å². The first-order valence-corrected chi connectivity index (χ1v) is 7.88. The maximum absolute atomic E-state index is 11.3. The third kappa shape index (κ3) is 4.77. The lowest BCUT2D eigenvalue weighted by atomic mass is 10.1. The number of carboxylic acid groups (broad SMARTS) is 1. The van der Waals surface area contributed by atoms with E-state index in [1.807, 2.05) is 4.90 Å². The molecule has 1 aromatic carbocycles. The number of aliphatic carboxylic acids is 1. The van der Waals surface area contributed by atoms with Gasteiger partial charge in [-0.25, -0.2) is 0 Å². The molecule has 4 nitrogen and oxygen atoms in total. The summed E-state index contributed by atoms with van der Waals surface area (Å²) in [5.41, 5.74) is 0. The molecule has 1 saturated heterocycles. The zero-order valence-electron chi connectivity index (χ0n) is 11.7. The normalized spacial score (nSPS) is 20.0. The van der Waals surface area contributed by atoms with Gasteiger partial charge < -0.3 is 9.84 Å². The molecule has 0 bridgehead atoms. The number of carbonyl (C=O) groups is 1. The van der Waals surface area contributed by atoms with Gasteiger partial charge in [-0.05, 0) is 37.6 Å². The van der Waals surface area contributed by atoms with Gasteiger partial charge in [0.15, 0.2) is 0 Å². The first-order valence-electron chi connectivity index (χ1n) is 7.12. The maximum Gasteiger partial charge on any atom is 0.320 e. The van der Waals surface area contributed by atoms with Crippen molar-refractivity contribution in [2.24, 2.45) is 0 Å². The third-order valence-corrected chi connectivity index (χ3v) is 4.21. The smallest absolute Gasteiger partial charge is 0.320 e. The van der Waals surface area contributed by atoms with E-state index in [1.165, 1.54) is 0 Å². The van der Waals surface area contributed by atoms with E-state index in [-0.39, 0.29) is 0 Å². The predicted octanol–water partition coefficient (Wildman–Crippen LogP) is 3.70. The van der Waals surface area contributed by atoms with Gasteiger partial charge in [0.2, 0.25) is 0 Å². The molecule has 1 aliphatic heterocycles. The molecule has 0 aromatic heterocycles. The lowest BCUT2D eigenvalue weighted by Crippen LogP contribution is -2.42. The summed E-state index contributed by atoms with van der Waals surface area (Å²) in [5, 5.41) is 10.3. The van der Waals surface area contributed by atoms with Gasteiger partial charge in [0, 0.05) is 11.6 Å². The molecule has 0 aliphatic carbocycles. The summed E-state index contributed by atoms with van der Waals surface area (Å²) in [6, 6.07) is 4.66. The van der Waals surface area contributed by atoms with Gasteiger partial charge in [-0.1, -0.05) is 36.0 Å². The van der Waals surface area contributed by atoms with Crippen molar-refractivity contribution < 1.29 is 14.6 Å². The molecule has 1 fully saturated rings. The van der Waals surface area contributed by atoms with Crippen LogP contribution in [0.4, 0.5) is 0 Å². The minimum Gasteiger partial charge on any atom is -0.491 e. The van der Waals surface area contributed by atoms with Crippen molar-refractivity contribution in [3.05, 3.63) is 28.2 Å². The minimum atomic E-state index is -0.749. The van der Waals surface area contributed by atoms with Crippen molar-refractivity contribution in [3.63, 3.8) is 0 Å². The van der Waals surface area contributed by atoms with Gasteiger partial charge in [0.1, 0.15) is 18.4 Å². The van der Waals surface area contributed by atoms with Gasteiger partial charge in [0.25, 0.3) is 0 Å². The van der Waals surface area contributed by atoms with Crippen LogP contribution in [-0.2, 0) is 4.79 Å². The highest BCUT2D eigenvalue weighted by Gasteiger charge is 2.26. The van der Waals surface area contributed by atoms with Crippen LogP contribution in [0.25, 0.3) is 0 Å². The van der Waals surface area contributed by atoms with Gasteiger partial charge in [-0.15, -0.1) is 0 Å². The van der Waals surface area contributed by atoms with Crippen molar-refractivity contribution in [2.75, 3.05) is 19.7 Å². The van der Waals surface area contributed by atoms with Crippen LogP contribution in [0.5, 0.6) is 5.75 Å². The Hall–Kier alpha value is -0.970. The van der Waals surface area contributed by atoms with Gasteiger partial charge in [-0.3, -0.25) is 9.69 Å². The second kappa shape index (κ2) is 7.87. The standard InChI is InChI=1S/C15H19Cl2NO3/c16-11-5-6-14(12(17)10-11)21-9-8-18-7-3-1-2-4-13(18)15(19)20/h5-6,10,13H,1-4,7-9H2,(H,19,20). The van der Waals surface area contributed by atoms with Crippen LogP contribution in [0.3, 0.4) is 0 Å². The van der Waals surface area contributed by atoms with E-state index < -0.39 is 12.0 Å². The van der Waals surface area contributed by atoms with Gasteiger partial charge in [-0.2, -0.15) is 0 Å². The molecule has 0 spiro atoms. The van der Waals surface area contributed by atoms with Crippen LogP contribution in [0.15, 0.2) is 18.2 Å².